The van der Waals surface area contributed by atoms with E-state index >= 15 is 0 Å². The molecule has 0 saturated heterocycles. The van der Waals surface area contributed by atoms with E-state index in [-0.39, 0.29) is 5.91 Å². The Labute approximate surface area is 191 Å². The van der Waals surface area contributed by atoms with Gasteiger partial charge in [0.05, 0.1) is 16.7 Å². The molecule has 32 heavy (non-hydrogen) atoms. The van der Waals surface area contributed by atoms with Crippen LogP contribution in [0.15, 0.2) is 61.3 Å². The summed E-state index contributed by atoms with van der Waals surface area (Å²) in [5.41, 5.74) is 2.74. The fraction of sp³-hybridized carbons (Fsp3) is 0.136. The van der Waals surface area contributed by atoms with Crippen molar-refractivity contribution in [1.82, 2.24) is 20.1 Å². The number of furan rings is 1. The van der Waals surface area contributed by atoms with Crippen LogP contribution in [-0.4, -0.2) is 26.0 Å². The summed E-state index contributed by atoms with van der Waals surface area (Å²) in [5.74, 6) is 2.30. The molecule has 160 valence electrons. The van der Waals surface area contributed by atoms with Gasteiger partial charge < -0.3 is 14.3 Å². The molecule has 0 aliphatic rings. The molecule has 0 saturated carbocycles. The van der Waals surface area contributed by atoms with Gasteiger partial charge in [-0.15, -0.1) is 0 Å². The minimum absolute atomic E-state index is 0.252. The second-order valence-electron chi connectivity index (χ2n) is 6.95. The van der Waals surface area contributed by atoms with Gasteiger partial charge >= 0.3 is 0 Å². The molecule has 0 bridgehead atoms. The van der Waals surface area contributed by atoms with Crippen LogP contribution in [0.25, 0.3) is 22.6 Å². The first-order valence-corrected chi connectivity index (χ1v) is 11.6. The predicted molar refractivity (Wildman–Crippen MR) is 123 cm³/mol. The minimum Gasteiger partial charge on any atom is -0.443 e. The van der Waals surface area contributed by atoms with Crippen LogP contribution in [0.3, 0.4) is 0 Å². The van der Waals surface area contributed by atoms with Crippen molar-refractivity contribution in [3.8, 4) is 11.5 Å². The summed E-state index contributed by atoms with van der Waals surface area (Å²) in [6.07, 6.45) is 0. The van der Waals surface area contributed by atoms with E-state index in [0.29, 0.717) is 45.1 Å². The first-order chi connectivity index (χ1) is 15.6. The molecule has 0 spiro atoms. The van der Waals surface area contributed by atoms with E-state index in [1.165, 1.54) is 11.8 Å². The Morgan fingerprint density at radius 1 is 1.12 bits per heavy atom. The van der Waals surface area contributed by atoms with E-state index in [1.807, 2.05) is 48.9 Å². The van der Waals surface area contributed by atoms with Crippen molar-refractivity contribution >= 4 is 45.9 Å². The second kappa shape index (κ2) is 8.56. The molecular weight excluding hydrogens is 446 g/mol. The molecule has 0 aliphatic heterocycles. The zero-order chi connectivity index (χ0) is 22.1. The molecule has 4 heterocycles. The van der Waals surface area contributed by atoms with Gasteiger partial charge in [0, 0.05) is 16.5 Å². The topological polar surface area (TPSA) is 107 Å². The van der Waals surface area contributed by atoms with Gasteiger partial charge in [0.1, 0.15) is 11.6 Å². The summed E-state index contributed by atoms with van der Waals surface area (Å²) in [6.45, 7) is 3.78. The van der Waals surface area contributed by atoms with E-state index in [4.69, 9.17) is 8.94 Å². The lowest BCUT2D eigenvalue weighted by atomic mass is 10.2. The molecule has 1 N–H and O–H groups in total. The number of anilines is 1. The fourth-order valence-electron chi connectivity index (χ4n) is 3.10. The van der Waals surface area contributed by atoms with Crippen molar-refractivity contribution in [2.75, 3.05) is 5.32 Å². The summed E-state index contributed by atoms with van der Waals surface area (Å²) in [5, 5.41) is 12.0. The van der Waals surface area contributed by atoms with Gasteiger partial charge in [-0.3, -0.25) is 4.79 Å². The standard InChI is InChI=1S/C22H17N5O3S2/c1-12-13(2)29-21-17(12)18(24-19(28)14-6-4-3-5-7-14)25-22(26-21)32-11-16-23-20(30-27-16)15-8-9-31-10-15/h3-10H,11H2,1-2H3,(H,24,25,26,28). The van der Waals surface area contributed by atoms with Gasteiger partial charge in [-0.1, -0.05) is 35.1 Å². The van der Waals surface area contributed by atoms with Crippen LogP contribution < -0.4 is 5.32 Å². The summed E-state index contributed by atoms with van der Waals surface area (Å²) >= 11 is 2.90. The maximum Gasteiger partial charge on any atom is 0.258 e. The number of rotatable bonds is 6. The van der Waals surface area contributed by atoms with E-state index < -0.39 is 0 Å². The third-order valence-corrected chi connectivity index (χ3v) is 6.37. The molecular formula is C22H17N5O3S2. The third kappa shape index (κ3) is 4.02. The number of benzene rings is 1. The van der Waals surface area contributed by atoms with E-state index in [9.17, 15) is 4.79 Å². The number of amides is 1. The Hall–Kier alpha value is -3.50. The van der Waals surface area contributed by atoms with Gasteiger partial charge in [0.2, 0.25) is 5.71 Å². The van der Waals surface area contributed by atoms with Crippen LogP contribution in [-0.2, 0) is 5.75 Å². The SMILES string of the molecule is Cc1oc2nc(SCc3noc(-c4ccsc4)n3)nc(NC(=O)c3ccccc3)c2c1C. The average Bonchev–Trinajstić information content (AvgIpc) is 3.54. The second-order valence-corrected chi connectivity index (χ2v) is 8.68. The number of carbonyl (C=O) groups excluding carboxylic acids is 1. The maximum atomic E-state index is 12.7. The smallest absolute Gasteiger partial charge is 0.258 e. The summed E-state index contributed by atoms with van der Waals surface area (Å²) in [7, 11) is 0. The van der Waals surface area contributed by atoms with E-state index in [2.05, 4.69) is 25.4 Å². The molecule has 0 fully saturated rings. The van der Waals surface area contributed by atoms with Gasteiger partial charge in [-0.25, -0.2) is 4.98 Å². The highest BCUT2D eigenvalue weighted by Crippen LogP contribution is 2.32. The highest BCUT2D eigenvalue weighted by Gasteiger charge is 2.19. The van der Waals surface area contributed by atoms with E-state index in [0.717, 1.165) is 16.9 Å². The Bertz CT molecular complexity index is 1390. The number of hydrogen-bond donors (Lipinski definition) is 1. The van der Waals surface area contributed by atoms with Gasteiger partial charge in [0.25, 0.3) is 11.8 Å². The highest BCUT2D eigenvalue weighted by molar-refractivity contribution is 7.98. The zero-order valence-corrected chi connectivity index (χ0v) is 18.8. The lowest BCUT2D eigenvalue weighted by Gasteiger charge is -2.07. The van der Waals surface area contributed by atoms with E-state index in [1.54, 1.807) is 23.5 Å². The van der Waals surface area contributed by atoms with Crippen LogP contribution >= 0.6 is 23.1 Å². The minimum atomic E-state index is -0.252. The molecule has 0 unspecified atom stereocenters. The average molecular weight is 464 g/mol. The number of nitrogens with one attached hydrogen (secondary N) is 1. The van der Waals surface area contributed by atoms with Gasteiger partial charge in [-0.05, 0) is 37.4 Å². The predicted octanol–water partition coefficient (Wildman–Crippen LogP) is 5.50. The van der Waals surface area contributed by atoms with Crippen molar-refractivity contribution < 1.29 is 13.7 Å². The zero-order valence-electron chi connectivity index (χ0n) is 17.2. The van der Waals surface area contributed by atoms with Crippen molar-refractivity contribution in [1.29, 1.82) is 0 Å². The maximum absolute atomic E-state index is 12.7. The Kier molecular flexibility index (Phi) is 5.46. The first-order valence-electron chi connectivity index (χ1n) is 9.70. The van der Waals surface area contributed by atoms with Crippen LogP contribution in [0.2, 0.25) is 0 Å². The van der Waals surface area contributed by atoms with Crippen LogP contribution in [0.4, 0.5) is 5.82 Å². The quantitative estimate of drug-likeness (QED) is 0.260. The molecule has 0 aliphatic carbocycles. The lowest BCUT2D eigenvalue weighted by molar-refractivity contribution is 0.102. The fourth-order valence-corrected chi connectivity index (χ4v) is 4.41. The highest BCUT2D eigenvalue weighted by atomic mass is 32.2. The van der Waals surface area contributed by atoms with Crippen molar-refractivity contribution in [3.05, 3.63) is 69.9 Å². The number of aromatic nitrogens is 4. The third-order valence-electron chi connectivity index (χ3n) is 4.84. The Morgan fingerprint density at radius 2 is 1.97 bits per heavy atom. The number of carbonyl (C=O) groups is 1. The Morgan fingerprint density at radius 3 is 2.75 bits per heavy atom. The molecule has 10 heteroatoms. The van der Waals surface area contributed by atoms with Crippen molar-refractivity contribution in [2.24, 2.45) is 0 Å². The number of fused-ring (bicyclic) bond motifs is 1. The number of thiophene rings is 1. The molecule has 5 aromatic rings. The Balaban J connectivity index is 1.42. The van der Waals surface area contributed by atoms with Gasteiger partial charge in [0.15, 0.2) is 11.0 Å². The molecule has 4 aromatic heterocycles. The van der Waals surface area contributed by atoms with Gasteiger partial charge in [-0.2, -0.15) is 21.3 Å². The van der Waals surface area contributed by atoms with Crippen LogP contribution in [0, 0.1) is 13.8 Å². The summed E-state index contributed by atoms with van der Waals surface area (Å²) < 4.78 is 11.1. The molecule has 5 rings (SSSR count). The number of thioether (sulfide) groups is 1. The van der Waals surface area contributed by atoms with Crippen molar-refractivity contribution in [2.45, 2.75) is 24.8 Å². The lowest BCUT2D eigenvalue weighted by Crippen LogP contribution is -2.13. The molecule has 0 radical (unpaired) electrons. The largest absolute Gasteiger partial charge is 0.443 e. The number of hydrogen-bond acceptors (Lipinski definition) is 9. The molecule has 1 amide bonds. The van der Waals surface area contributed by atoms with Crippen molar-refractivity contribution in [3.63, 3.8) is 0 Å². The first kappa shape index (κ1) is 20.4. The normalized spacial score (nSPS) is 11.2. The molecule has 8 nitrogen and oxygen atoms in total. The van der Waals surface area contributed by atoms with Crippen LogP contribution in [0.1, 0.15) is 27.5 Å². The summed E-state index contributed by atoms with van der Waals surface area (Å²) in [6, 6.07) is 10.9. The monoisotopic (exact) mass is 463 g/mol. The number of aryl methyl sites for hydroxylation is 2. The summed E-state index contributed by atoms with van der Waals surface area (Å²) in [4.78, 5) is 26.3. The van der Waals surface area contributed by atoms with Crippen LogP contribution in [0.5, 0.6) is 0 Å². The number of nitrogens with zero attached hydrogens (tertiary/aromatic N) is 4. The molecule has 1 aromatic carbocycles. The molecule has 0 atom stereocenters.